The summed E-state index contributed by atoms with van der Waals surface area (Å²) >= 11 is 0. The molecule has 0 aromatic heterocycles. The number of carbonyl (C=O) groups excluding carboxylic acids is 1. The van der Waals surface area contributed by atoms with Gasteiger partial charge in [-0.3, -0.25) is 9.10 Å². The van der Waals surface area contributed by atoms with Crippen LogP contribution in [0.4, 0.5) is 5.69 Å². The molecule has 3 rings (SSSR count). The predicted octanol–water partition coefficient (Wildman–Crippen LogP) is 3.98. The molecule has 10 heteroatoms. The van der Waals surface area contributed by atoms with Gasteiger partial charge in [0.25, 0.3) is 5.91 Å². The fourth-order valence-corrected chi connectivity index (χ4v) is 4.25. The van der Waals surface area contributed by atoms with Gasteiger partial charge in [0.15, 0.2) is 11.5 Å². The summed E-state index contributed by atoms with van der Waals surface area (Å²) in [5.74, 6) is 0.888. The van der Waals surface area contributed by atoms with E-state index in [4.69, 9.17) is 14.2 Å². The third-order valence-electron chi connectivity index (χ3n) is 5.03. The van der Waals surface area contributed by atoms with Gasteiger partial charge < -0.3 is 14.2 Å². The quantitative estimate of drug-likeness (QED) is 0.267. The third-order valence-corrected chi connectivity index (χ3v) is 6.16. The molecule has 1 amide bonds. The molecular formula is C27H31N3O6S. The van der Waals surface area contributed by atoms with Crippen LogP contribution in [0, 0.1) is 0 Å². The lowest BCUT2D eigenvalue weighted by Gasteiger charge is -2.23. The first-order valence-electron chi connectivity index (χ1n) is 11.8. The lowest BCUT2D eigenvalue weighted by molar-refractivity contribution is -0.119. The highest BCUT2D eigenvalue weighted by molar-refractivity contribution is 7.92. The number of hydrogen-bond acceptors (Lipinski definition) is 7. The SMILES string of the molecule is CCOc1cc(/C=N\NC(=O)CN(c2ccccc2OCC)S(C)(=O)=O)ccc1OCc1ccccc1. The molecule has 0 fully saturated rings. The van der Waals surface area contributed by atoms with Crippen molar-refractivity contribution < 1.29 is 27.4 Å². The molecule has 0 aliphatic rings. The van der Waals surface area contributed by atoms with E-state index in [0.29, 0.717) is 42.6 Å². The molecule has 0 unspecified atom stereocenters. The van der Waals surface area contributed by atoms with E-state index in [1.807, 2.05) is 37.3 Å². The Hall–Kier alpha value is -4.05. The summed E-state index contributed by atoms with van der Waals surface area (Å²) in [6.07, 6.45) is 2.48. The van der Waals surface area contributed by atoms with Crippen molar-refractivity contribution in [1.82, 2.24) is 5.43 Å². The molecule has 0 heterocycles. The van der Waals surface area contributed by atoms with E-state index in [-0.39, 0.29) is 5.69 Å². The van der Waals surface area contributed by atoms with Gasteiger partial charge in [-0.15, -0.1) is 0 Å². The van der Waals surface area contributed by atoms with Gasteiger partial charge in [-0.2, -0.15) is 5.10 Å². The smallest absolute Gasteiger partial charge is 0.260 e. The number of rotatable bonds is 13. The average molecular weight is 526 g/mol. The Bertz CT molecular complexity index is 1310. The second-order valence-electron chi connectivity index (χ2n) is 7.88. The van der Waals surface area contributed by atoms with Crippen LogP contribution in [0.2, 0.25) is 0 Å². The van der Waals surface area contributed by atoms with Crippen molar-refractivity contribution in [3.05, 3.63) is 83.9 Å². The van der Waals surface area contributed by atoms with Crippen molar-refractivity contribution in [2.45, 2.75) is 20.5 Å². The summed E-state index contributed by atoms with van der Waals surface area (Å²) < 4.78 is 43.0. The molecule has 9 nitrogen and oxygen atoms in total. The summed E-state index contributed by atoms with van der Waals surface area (Å²) in [5.41, 5.74) is 4.35. The minimum atomic E-state index is -3.76. The van der Waals surface area contributed by atoms with Gasteiger partial charge in [-0.25, -0.2) is 13.8 Å². The van der Waals surface area contributed by atoms with Crippen molar-refractivity contribution in [2.75, 3.05) is 30.3 Å². The van der Waals surface area contributed by atoms with Crippen LogP contribution in [-0.2, 0) is 21.4 Å². The minimum absolute atomic E-state index is 0.276. The highest BCUT2D eigenvalue weighted by Gasteiger charge is 2.23. The van der Waals surface area contributed by atoms with Crippen LogP contribution < -0.4 is 23.9 Å². The van der Waals surface area contributed by atoms with Gasteiger partial charge in [-0.1, -0.05) is 42.5 Å². The Labute approximate surface area is 217 Å². The monoisotopic (exact) mass is 525 g/mol. The Balaban J connectivity index is 1.67. The Morgan fingerprint density at radius 1 is 0.892 bits per heavy atom. The number of nitrogens with one attached hydrogen (secondary N) is 1. The molecule has 0 spiro atoms. The van der Waals surface area contributed by atoms with Crippen LogP contribution in [0.5, 0.6) is 17.2 Å². The Morgan fingerprint density at radius 3 is 2.27 bits per heavy atom. The van der Waals surface area contributed by atoms with Crippen molar-refractivity contribution in [3.63, 3.8) is 0 Å². The molecule has 37 heavy (non-hydrogen) atoms. The van der Waals surface area contributed by atoms with Crippen LogP contribution in [0.15, 0.2) is 77.9 Å². The number of nitrogens with zero attached hydrogens (tertiary/aromatic N) is 2. The molecule has 0 saturated heterocycles. The van der Waals surface area contributed by atoms with Gasteiger partial charge in [-0.05, 0) is 55.3 Å². The lowest BCUT2D eigenvalue weighted by Crippen LogP contribution is -2.39. The number of anilines is 1. The number of ether oxygens (including phenoxy) is 3. The molecule has 0 aliphatic carbocycles. The number of para-hydroxylation sites is 2. The Kier molecular flexibility index (Phi) is 9.91. The number of hydrazone groups is 1. The molecule has 1 N–H and O–H groups in total. The van der Waals surface area contributed by atoms with Crippen molar-refractivity contribution in [3.8, 4) is 17.2 Å². The number of hydrogen-bond donors (Lipinski definition) is 1. The lowest BCUT2D eigenvalue weighted by atomic mass is 10.2. The zero-order valence-electron chi connectivity index (χ0n) is 21.1. The second-order valence-corrected chi connectivity index (χ2v) is 9.78. The minimum Gasteiger partial charge on any atom is -0.492 e. The summed E-state index contributed by atoms with van der Waals surface area (Å²) in [4.78, 5) is 12.6. The van der Waals surface area contributed by atoms with Gasteiger partial charge in [0.05, 0.1) is 31.4 Å². The topological polar surface area (TPSA) is 107 Å². The zero-order valence-corrected chi connectivity index (χ0v) is 21.9. The van der Waals surface area contributed by atoms with E-state index in [2.05, 4.69) is 10.5 Å². The first kappa shape index (κ1) is 27.5. The highest BCUT2D eigenvalue weighted by atomic mass is 32.2. The second kappa shape index (κ2) is 13.3. The average Bonchev–Trinajstić information content (AvgIpc) is 2.88. The summed E-state index contributed by atoms with van der Waals surface area (Å²) in [5, 5.41) is 3.98. The molecule has 3 aromatic rings. The van der Waals surface area contributed by atoms with Crippen LogP contribution in [0.1, 0.15) is 25.0 Å². The largest absolute Gasteiger partial charge is 0.492 e. The van der Waals surface area contributed by atoms with E-state index in [9.17, 15) is 13.2 Å². The fourth-order valence-electron chi connectivity index (χ4n) is 3.39. The maximum Gasteiger partial charge on any atom is 0.260 e. The van der Waals surface area contributed by atoms with E-state index in [0.717, 1.165) is 16.1 Å². The maximum absolute atomic E-state index is 12.6. The number of amides is 1. The molecule has 3 aromatic carbocycles. The van der Waals surface area contributed by atoms with Crippen LogP contribution in [-0.4, -0.2) is 46.6 Å². The fraction of sp³-hybridized carbons (Fsp3) is 0.259. The first-order chi connectivity index (χ1) is 17.8. The van der Waals surface area contributed by atoms with Crippen LogP contribution in [0.3, 0.4) is 0 Å². The first-order valence-corrected chi connectivity index (χ1v) is 13.6. The zero-order chi connectivity index (χ0) is 26.7. The van der Waals surface area contributed by atoms with Gasteiger partial charge in [0.1, 0.15) is 18.9 Å². The van der Waals surface area contributed by atoms with E-state index in [1.165, 1.54) is 6.21 Å². The number of benzene rings is 3. The van der Waals surface area contributed by atoms with Crippen LogP contribution >= 0.6 is 0 Å². The number of carbonyl (C=O) groups is 1. The van der Waals surface area contributed by atoms with Crippen molar-refractivity contribution in [1.29, 1.82) is 0 Å². The third kappa shape index (κ3) is 8.25. The van der Waals surface area contributed by atoms with E-state index >= 15 is 0 Å². The molecular weight excluding hydrogens is 494 g/mol. The van der Waals surface area contributed by atoms with Gasteiger partial charge in [0, 0.05) is 0 Å². The summed E-state index contributed by atoms with van der Waals surface area (Å²) in [6.45, 7) is 4.40. The predicted molar refractivity (Wildman–Crippen MR) is 144 cm³/mol. The van der Waals surface area contributed by atoms with E-state index < -0.39 is 22.5 Å². The van der Waals surface area contributed by atoms with E-state index in [1.54, 1.807) is 49.4 Å². The highest BCUT2D eigenvalue weighted by Crippen LogP contribution is 2.30. The normalized spacial score (nSPS) is 11.2. The Morgan fingerprint density at radius 2 is 1.57 bits per heavy atom. The molecule has 0 aliphatic heterocycles. The van der Waals surface area contributed by atoms with Gasteiger partial charge in [0.2, 0.25) is 10.0 Å². The summed E-state index contributed by atoms with van der Waals surface area (Å²) in [6, 6.07) is 21.7. The van der Waals surface area contributed by atoms with Crippen molar-refractivity contribution >= 4 is 27.8 Å². The molecule has 196 valence electrons. The standard InChI is InChI=1S/C27H31N3O6S/c1-4-34-24-14-10-9-13-23(24)30(37(3,32)33)19-27(31)29-28-18-22-15-16-25(26(17-22)35-5-2)36-20-21-11-7-6-8-12-21/h6-18H,4-5,19-20H2,1-3H3,(H,29,31)/b28-18-. The van der Waals surface area contributed by atoms with Gasteiger partial charge >= 0.3 is 0 Å². The maximum atomic E-state index is 12.6. The molecule has 0 radical (unpaired) electrons. The molecule has 0 bridgehead atoms. The summed E-state index contributed by atoms with van der Waals surface area (Å²) in [7, 11) is -3.76. The van der Waals surface area contributed by atoms with Crippen molar-refractivity contribution in [2.24, 2.45) is 5.10 Å². The van der Waals surface area contributed by atoms with Crippen LogP contribution in [0.25, 0.3) is 0 Å². The molecule has 0 saturated carbocycles. The number of sulfonamides is 1. The molecule has 0 atom stereocenters.